The number of hydrogen-bond donors (Lipinski definition) is 6. The zero-order valence-electron chi connectivity index (χ0n) is 18.1. The van der Waals surface area contributed by atoms with Crippen LogP contribution in [0.15, 0.2) is 40.5 Å². The molecule has 1 unspecified atom stereocenters. The van der Waals surface area contributed by atoms with E-state index in [2.05, 4.69) is 53.7 Å². The molecule has 1 amide bonds. The lowest BCUT2D eigenvalue weighted by Gasteiger charge is -2.13. The monoisotopic (exact) mass is 487 g/mol. The number of amidine groups is 1. The number of thioether (sulfide) groups is 1. The highest BCUT2D eigenvalue weighted by molar-refractivity contribution is 7.98. The van der Waals surface area contributed by atoms with Gasteiger partial charge in [-0.3, -0.25) is 4.79 Å². The summed E-state index contributed by atoms with van der Waals surface area (Å²) in [5.41, 5.74) is 6.60. The number of aliphatic hydroxyl groups is 1. The number of hydrogen-bond acceptors (Lipinski definition) is 12. The van der Waals surface area contributed by atoms with Crippen LogP contribution in [-0.2, 0) is 0 Å². The Labute approximate surface area is 198 Å². The molecule has 0 saturated heterocycles. The Morgan fingerprint density at radius 1 is 1.27 bits per heavy atom. The summed E-state index contributed by atoms with van der Waals surface area (Å²) in [6.07, 6.45) is 4.61. The molecule has 6 N–H and O–H groups in total. The molecule has 0 fully saturated rings. The minimum Gasteiger partial charge on any atom is -0.361 e. The van der Waals surface area contributed by atoms with Crippen LogP contribution in [0.4, 0.5) is 11.1 Å². The van der Waals surface area contributed by atoms with Crippen molar-refractivity contribution < 1.29 is 9.90 Å². The normalized spacial score (nSPS) is 16.2. The Balaban J connectivity index is 1.27. The minimum atomic E-state index is -0.991. The molecule has 1 aliphatic heterocycles. The highest BCUT2D eigenvalue weighted by Gasteiger charge is 2.15. The van der Waals surface area contributed by atoms with Crippen LogP contribution >= 0.6 is 23.1 Å². The number of benzene rings is 1. The van der Waals surface area contributed by atoms with Crippen LogP contribution in [-0.4, -0.2) is 64.0 Å². The number of thiazole rings is 1. The van der Waals surface area contributed by atoms with Gasteiger partial charge in [0.1, 0.15) is 5.84 Å². The Kier molecular flexibility index (Phi) is 7.54. The van der Waals surface area contributed by atoms with Gasteiger partial charge >= 0.3 is 0 Å². The molecule has 3 heterocycles. The molecule has 33 heavy (non-hydrogen) atoms. The SMILES string of the molecule is CSc1cnc(NC[C@H](C)CNc2nc3ccc(C(=O)NCC4=NC(O)NN4)cc3s2)nc1. The third-order valence-electron chi connectivity index (χ3n) is 4.76. The van der Waals surface area contributed by atoms with Crippen molar-refractivity contribution in [2.45, 2.75) is 18.2 Å². The van der Waals surface area contributed by atoms with E-state index in [0.717, 1.165) is 33.3 Å². The molecular weight excluding hydrogens is 462 g/mol. The minimum absolute atomic E-state index is 0.190. The van der Waals surface area contributed by atoms with Crippen molar-refractivity contribution in [1.29, 1.82) is 0 Å². The van der Waals surface area contributed by atoms with E-state index >= 15 is 0 Å². The van der Waals surface area contributed by atoms with E-state index in [9.17, 15) is 9.90 Å². The number of nitrogens with one attached hydrogen (secondary N) is 5. The molecule has 0 saturated carbocycles. The third-order valence-corrected chi connectivity index (χ3v) is 6.42. The van der Waals surface area contributed by atoms with Gasteiger partial charge < -0.3 is 26.5 Å². The number of hydrazine groups is 1. The highest BCUT2D eigenvalue weighted by atomic mass is 32.2. The van der Waals surface area contributed by atoms with E-state index in [0.29, 0.717) is 23.3 Å². The summed E-state index contributed by atoms with van der Waals surface area (Å²) in [6.45, 7) is 3.78. The molecule has 1 aliphatic rings. The summed E-state index contributed by atoms with van der Waals surface area (Å²) in [7, 11) is 0. The molecular formula is C20H25N9O2S2. The van der Waals surface area contributed by atoms with Gasteiger partial charge in [-0.05, 0) is 30.4 Å². The number of fused-ring (bicyclic) bond motifs is 1. The molecule has 0 bridgehead atoms. The largest absolute Gasteiger partial charge is 0.361 e. The summed E-state index contributed by atoms with van der Waals surface area (Å²) in [5, 5.41) is 19.5. The van der Waals surface area contributed by atoms with E-state index < -0.39 is 6.35 Å². The van der Waals surface area contributed by atoms with Gasteiger partial charge in [-0.1, -0.05) is 18.3 Å². The second-order valence-electron chi connectivity index (χ2n) is 7.42. The molecule has 2 atom stereocenters. The van der Waals surface area contributed by atoms with E-state index in [1.807, 2.05) is 18.4 Å². The molecule has 13 heteroatoms. The number of nitrogens with zero attached hydrogens (tertiary/aromatic N) is 4. The zero-order chi connectivity index (χ0) is 23.2. The second-order valence-corrected chi connectivity index (χ2v) is 9.33. The molecule has 0 aliphatic carbocycles. The van der Waals surface area contributed by atoms with Crippen molar-refractivity contribution in [3.05, 3.63) is 36.2 Å². The number of anilines is 2. The Hall–Kier alpha value is -3.00. The first kappa shape index (κ1) is 23.2. The number of carbonyl (C=O) groups excluding carboxylic acids is 1. The fourth-order valence-electron chi connectivity index (χ4n) is 2.97. The maximum atomic E-state index is 12.4. The first-order valence-corrected chi connectivity index (χ1v) is 12.3. The van der Waals surface area contributed by atoms with Crippen LogP contribution in [0.5, 0.6) is 0 Å². The average Bonchev–Trinajstić information content (AvgIpc) is 3.44. The fourth-order valence-corrected chi connectivity index (χ4v) is 4.20. The lowest BCUT2D eigenvalue weighted by Crippen LogP contribution is -2.40. The van der Waals surface area contributed by atoms with Crippen molar-refractivity contribution in [1.82, 2.24) is 31.1 Å². The summed E-state index contributed by atoms with van der Waals surface area (Å²) in [5.74, 6) is 1.18. The van der Waals surface area contributed by atoms with Crippen LogP contribution in [0.3, 0.4) is 0 Å². The maximum Gasteiger partial charge on any atom is 0.251 e. The highest BCUT2D eigenvalue weighted by Crippen LogP contribution is 2.27. The standard InChI is InChI=1S/C20H25N9O2S2/c1-11(6-22-18-23-8-13(32-2)9-24-18)7-25-20-26-14-4-3-12(5-15(14)33-20)17(30)21-10-16-27-19(31)29-28-16/h3-5,8-9,11,19,29,31H,6-7,10H2,1-2H3,(H,21,30)(H,25,26)(H,27,28)(H,22,23,24)/t11-,19?/m0/s1. The summed E-state index contributed by atoms with van der Waals surface area (Å²) in [6, 6.07) is 5.40. The smallest absolute Gasteiger partial charge is 0.251 e. The number of rotatable bonds is 10. The Morgan fingerprint density at radius 2 is 2.06 bits per heavy atom. The summed E-state index contributed by atoms with van der Waals surface area (Å²) in [4.78, 5) is 30.6. The van der Waals surface area contributed by atoms with Crippen LogP contribution in [0.1, 0.15) is 17.3 Å². The fraction of sp³-hybridized carbons (Fsp3) is 0.350. The van der Waals surface area contributed by atoms with Gasteiger partial charge in [-0.15, -0.1) is 11.8 Å². The van der Waals surface area contributed by atoms with E-state index in [-0.39, 0.29) is 12.5 Å². The van der Waals surface area contributed by atoms with E-state index in [1.54, 1.807) is 30.2 Å². The number of amides is 1. The zero-order valence-corrected chi connectivity index (χ0v) is 19.8. The lowest BCUT2D eigenvalue weighted by molar-refractivity contribution is 0.0959. The molecule has 174 valence electrons. The van der Waals surface area contributed by atoms with Crippen LogP contribution in [0, 0.1) is 5.92 Å². The molecule has 3 aromatic rings. The second kappa shape index (κ2) is 10.7. The Bertz CT molecular complexity index is 1140. The number of carbonyl (C=O) groups is 1. The van der Waals surface area contributed by atoms with Crippen molar-refractivity contribution in [3.63, 3.8) is 0 Å². The van der Waals surface area contributed by atoms with Gasteiger partial charge in [0.15, 0.2) is 5.13 Å². The molecule has 0 spiro atoms. The van der Waals surface area contributed by atoms with E-state index in [4.69, 9.17) is 0 Å². The predicted octanol–water partition coefficient (Wildman–Crippen LogP) is 1.48. The van der Waals surface area contributed by atoms with Crippen molar-refractivity contribution in [2.24, 2.45) is 10.9 Å². The quantitative estimate of drug-likeness (QED) is 0.232. The summed E-state index contributed by atoms with van der Waals surface area (Å²) >= 11 is 3.11. The van der Waals surface area contributed by atoms with E-state index in [1.165, 1.54) is 11.3 Å². The van der Waals surface area contributed by atoms with Crippen LogP contribution in [0.25, 0.3) is 10.2 Å². The molecule has 0 radical (unpaired) electrons. The van der Waals surface area contributed by atoms with Crippen molar-refractivity contribution in [3.8, 4) is 0 Å². The number of aromatic nitrogens is 3. The number of aliphatic hydroxyl groups excluding tert-OH is 1. The number of aliphatic imine (C=N–C) groups is 1. The van der Waals surface area contributed by atoms with Gasteiger partial charge in [-0.25, -0.2) is 19.9 Å². The van der Waals surface area contributed by atoms with Gasteiger partial charge in [0.05, 0.1) is 16.8 Å². The van der Waals surface area contributed by atoms with Crippen molar-refractivity contribution >= 4 is 56.1 Å². The average molecular weight is 488 g/mol. The first-order chi connectivity index (χ1) is 16.0. The molecule has 2 aromatic heterocycles. The predicted molar refractivity (Wildman–Crippen MR) is 132 cm³/mol. The third kappa shape index (κ3) is 6.28. The lowest BCUT2D eigenvalue weighted by atomic mass is 10.2. The first-order valence-electron chi connectivity index (χ1n) is 10.3. The van der Waals surface area contributed by atoms with Gasteiger partial charge in [0.25, 0.3) is 5.91 Å². The summed E-state index contributed by atoms with van der Waals surface area (Å²) < 4.78 is 0.923. The van der Waals surface area contributed by atoms with Gasteiger partial charge in [0.2, 0.25) is 12.3 Å². The topological polar surface area (TPSA) is 148 Å². The molecule has 1 aromatic carbocycles. The van der Waals surface area contributed by atoms with Crippen LogP contribution < -0.4 is 26.8 Å². The Morgan fingerprint density at radius 3 is 2.79 bits per heavy atom. The van der Waals surface area contributed by atoms with Gasteiger partial charge in [-0.2, -0.15) is 5.43 Å². The molecule has 11 nitrogen and oxygen atoms in total. The van der Waals surface area contributed by atoms with Gasteiger partial charge in [0, 0.05) is 35.9 Å². The van der Waals surface area contributed by atoms with Crippen molar-refractivity contribution in [2.75, 3.05) is 36.5 Å². The molecule has 4 rings (SSSR count). The maximum absolute atomic E-state index is 12.4. The van der Waals surface area contributed by atoms with Crippen LogP contribution in [0.2, 0.25) is 0 Å².